The molecule has 0 aromatic rings. The molecule has 0 heterocycles. The summed E-state index contributed by atoms with van der Waals surface area (Å²) < 4.78 is 28.2. The molecule has 0 radical (unpaired) electrons. The van der Waals surface area contributed by atoms with Crippen LogP contribution in [0.5, 0.6) is 0 Å². The van der Waals surface area contributed by atoms with Crippen molar-refractivity contribution in [3.8, 4) is 0 Å². The van der Waals surface area contributed by atoms with Crippen molar-refractivity contribution >= 4 is 15.7 Å². The molecule has 0 aliphatic rings. The second-order valence-electron chi connectivity index (χ2n) is 3.98. The molecule has 2 N–H and O–H groups in total. The van der Waals surface area contributed by atoms with Crippen molar-refractivity contribution in [1.29, 1.82) is 0 Å². The van der Waals surface area contributed by atoms with E-state index < -0.39 is 21.5 Å². The number of hydrogen-bond acceptors (Lipinski definition) is 5. The Labute approximate surface area is 109 Å². The van der Waals surface area contributed by atoms with Crippen molar-refractivity contribution in [3.63, 3.8) is 0 Å². The number of unbranched alkanes of at least 4 members (excludes halogenated alkanes) is 1. The highest BCUT2D eigenvalue weighted by atomic mass is 32.2. The number of sulfone groups is 1. The molecule has 0 saturated heterocycles. The summed E-state index contributed by atoms with van der Waals surface area (Å²) in [4.78, 5) is 10.9. The number of carbonyl (C=O) groups excluding carboxylic acids is 1. The molecule has 0 aliphatic carbocycles. The lowest BCUT2D eigenvalue weighted by atomic mass is 10.4. The van der Waals surface area contributed by atoms with Gasteiger partial charge in [0, 0.05) is 26.7 Å². The van der Waals surface area contributed by atoms with Gasteiger partial charge in [0.05, 0.1) is 12.4 Å². The van der Waals surface area contributed by atoms with Crippen LogP contribution in [0.2, 0.25) is 0 Å². The summed E-state index contributed by atoms with van der Waals surface area (Å²) in [6.45, 7) is 4.39. The topological polar surface area (TPSA) is 84.5 Å². The van der Waals surface area contributed by atoms with E-state index in [0.717, 1.165) is 19.4 Å². The molecule has 0 bridgehead atoms. The second-order valence-corrected chi connectivity index (χ2v) is 6.17. The van der Waals surface area contributed by atoms with E-state index in [9.17, 15) is 13.2 Å². The van der Waals surface area contributed by atoms with E-state index in [0.29, 0.717) is 19.7 Å². The van der Waals surface area contributed by atoms with E-state index in [1.165, 1.54) is 7.05 Å². The van der Waals surface area contributed by atoms with Crippen molar-refractivity contribution < 1.29 is 17.9 Å². The number of hydrogen-bond donors (Lipinski definition) is 2. The molecule has 7 heteroatoms. The molecule has 18 heavy (non-hydrogen) atoms. The monoisotopic (exact) mass is 280 g/mol. The van der Waals surface area contributed by atoms with Gasteiger partial charge >= 0.3 is 0 Å². The maximum atomic E-state index is 11.4. The number of amides is 1. The zero-order valence-electron chi connectivity index (χ0n) is 11.2. The minimum Gasteiger partial charge on any atom is -0.380 e. The number of carbonyl (C=O) groups is 1. The van der Waals surface area contributed by atoms with Crippen molar-refractivity contribution in [2.75, 3.05) is 44.9 Å². The van der Waals surface area contributed by atoms with Crippen LogP contribution in [-0.4, -0.2) is 59.2 Å². The van der Waals surface area contributed by atoms with Gasteiger partial charge < -0.3 is 15.4 Å². The molecule has 0 unspecified atom stereocenters. The fourth-order valence-electron chi connectivity index (χ4n) is 1.19. The summed E-state index contributed by atoms with van der Waals surface area (Å²) in [5, 5.41) is 5.27. The van der Waals surface area contributed by atoms with Crippen molar-refractivity contribution in [3.05, 3.63) is 0 Å². The molecule has 108 valence electrons. The number of nitrogens with one attached hydrogen (secondary N) is 2. The second kappa shape index (κ2) is 10.3. The van der Waals surface area contributed by atoms with Gasteiger partial charge in [0.2, 0.25) is 5.91 Å². The lowest BCUT2D eigenvalue weighted by molar-refractivity contribution is -0.118. The highest BCUT2D eigenvalue weighted by Gasteiger charge is 2.14. The van der Waals surface area contributed by atoms with E-state index in [2.05, 4.69) is 17.6 Å². The van der Waals surface area contributed by atoms with Gasteiger partial charge in [-0.3, -0.25) is 4.79 Å². The normalized spacial score (nSPS) is 11.4. The van der Waals surface area contributed by atoms with E-state index in [-0.39, 0.29) is 5.75 Å². The molecule has 0 aliphatic heterocycles. The largest absolute Gasteiger partial charge is 0.380 e. The number of rotatable bonds is 11. The third kappa shape index (κ3) is 10.5. The molecule has 0 rings (SSSR count). The molecule has 0 spiro atoms. The fourth-order valence-corrected chi connectivity index (χ4v) is 2.33. The highest BCUT2D eigenvalue weighted by Crippen LogP contribution is 1.89. The van der Waals surface area contributed by atoms with Gasteiger partial charge in [-0.05, 0) is 6.42 Å². The molecule has 0 saturated carbocycles. The third-order valence-corrected chi connectivity index (χ3v) is 3.81. The summed E-state index contributed by atoms with van der Waals surface area (Å²) in [5.41, 5.74) is 0. The Hall–Kier alpha value is -0.660. The molecule has 0 aromatic heterocycles. The minimum atomic E-state index is -3.31. The Kier molecular flexibility index (Phi) is 9.90. The number of ether oxygens (including phenoxy) is 1. The first-order chi connectivity index (χ1) is 8.52. The molecular weight excluding hydrogens is 256 g/mol. The summed E-state index contributed by atoms with van der Waals surface area (Å²) in [6.07, 6.45) is 2.14. The van der Waals surface area contributed by atoms with E-state index in [1.54, 1.807) is 0 Å². The van der Waals surface area contributed by atoms with Crippen LogP contribution in [0.15, 0.2) is 0 Å². The maximum absolute atomic E-state index is 11.4. The van der Waals surface area contributed by atoms with Gasteiger partial charge in [0.15, 0.2) is 9.84 Å². The van der Waals surface area contributed by atoms with Crippen LogP contribution >= 0.6 is 0 Å². The van der Waals surface area contributed by atoms with E-state index >= 15 is 0 Å². The Balaban J connectivity index is 3.50. The average molecular weight is 280 g/mol. The molecule has 1 amide bonds. The standard InChI is InChI=1S/C11H24N2O4S/c1-3-4-7-17-8-5-13-6-9-18(15,16)10-11(14)12-2/h13H,3-10H2,1-2H3,(H,12,14). The Morgan fingerprint density at radius 2 is 1.94 bits per heavy atom. The van der Waals surface area contributed by atoms with Gasteiger partial charge in [-0.1, -0.05) is 13.3 Å². The highest BCUT2D eigenvalue weighted by molar-refractivity contribution is 7.92. The first-order valence-electron chi connectivity index (χ1n) is 6.21. The van der Waals surface area contributed by atoms with Crippen LogP contribution < -0.4 is 10.6 Å². The van der Waals surface area contributed by atoms with Crippen LogP contribution in [0, 0.1) is 0 Å². The lowest BCUT2D eigenvalue weighted by Crippen LogP contribution is -2.32. The summed E-state index contributed by atoms with van der Waals surface area (Å²) in [5.74, 6) is -0.953. The lowest BCUT2D eigenvalue weighted by Gasteiger charge is -2.06. The van der Waals surface area contributed by atoms with Crippen molar-refractivity contribution in [2.24, 2.45) is 0 Å². The summed E-state index contributed by atoms with van der Waals surface area (Å²) >= 11 is 0. The van der Waals surface area contributed by atoms with Crippen LogP contribution in [0.3, 0.4) is 0 Å². The SMILES string of the molecule is CCCCOCCNCCS(=O)(=O)CC(=O)NC. The predicted octanol–water partition coefficient (Wildman–Crippen LogP) is -0.446. The zero-order valence-corrected chi connectivity index (χ0v) is 12.0. The molecule has 6 nitrogen and oxygen atoms in total. The average Bonchev–Trinajstić information content (AvgIpc) is 2.31. The Morgan fingerprint density at radius 1 is 1.22 bits per heavy atom. The van der Waals surface area contributed by atoms with Gasteiger partial charge in [-0.25, -0.2) is 8.42 Å². The van der Waals surface area contributed by atoms with E-state index in [4.69, 9.17) is 4.74 Å². The van der Waals surface area contributed by atoms with Crippen LogP contribution in [0.25, 0.3) is 0 Å². The molecule has 0 fully saturated rings. The minimum absolute atomic E-state index is 0.0324. The van der Waals surface area contributed by atoms with Crippen LogP contribution in [-0.2, 0) is 19.4 Å². The van der Waals surface area contributed by atoms with E-state index in [1.807, 2.05) is 0 Å². The van der Waals surface area contributed by atoms with Crippen LogP contribution in [0.4, 0.5) is 0 Å². The van der Waals surface area contributed by atoms with Gasteiger partial charge in [0.25, 0.3) is 0 Å². The smallest absolute Gasteiger partial charge is 0.234 e. The predicted molar refractivity (Wildman–Crippen MR) is 71.3 cm³/mol. The molecule has 0 aromatic carbocycles. The zero-order chi connectivity index (χ0) is 13.9. The molecular formula is C11H24N2O4S. The first-order valence-corrected chi connectivity index (χ1v) is 8.03. The van der Waals surface area contributed by atoms with Gasteiger partial charge in [0.1, 0.15) is 5.75 Å². The van der Waals surface area contributed by atoms with Gasteiger partial charge in [-0.15, -0.1) is 0 Å². The molecule has 0 atom stereocenters. The Morgan fingerprint density at radius 3 is 2.56 bits per heavy atom. The quantitative estimate of drug-likeness (QED) is 0.501. The van der Waals surface area contributed by atoms with Crippen molar-refractivity contribution in [2.45, 2.75) is 19.8 Å². The third-order valence-electron chi connectivity index (χ3n) is 2.29. The maximum Gasteiger partial charge on any atom is 0.234 e. The van der Waals surface area contributed by atoms with Crippen molar-refractivity contribution in [1.82, 2.24) is 10.6 Å². The fraction of sp³-hybridized carbons (Fsp3) is 0.909. The first kappa shape index (κ1) is 17.3. The van der Waals surface area contributed by atoms with Crippen LogP contribution in [0.1, 0.15) is 19.8 Å². The van der Waals surface area contributed by atoms with Gasteiger partial charge in [-0.2, -0.15) is 0 Å². The summed E-state index contributed by atoms with van der Waals surface area (Å²) in [6, 6.07) is 0. The summed E-state index contributed by atoms with van der Waals surface area (Å²) in [7, 11) is -1.89. The Bertz CT molecular complexity index is 317.